The third kappa shape index (κ3) is 6.86. The molecule has 3 aromatic rings. The molecule has 3 aromatic heterocycles. The average Bonchev–Trinajstić information content (AvgIpc) is 3.40. The van der Waals surface area contributed by atoms with Crippen molar-refractivity contribution in [2.75, 3.05) is 19.7 Å². The summed E-state index contributed by atoms with van der Waals surface area (Å²) in [4.78, 5) is 37.3. The van der Waals surface area contributed by atoms with E-state index in [-0.39, 0.29) is 17.5 Å². The molecule has 0 spiro atoms. The zero-order valence-electron chi connectivity index (χ0n) is 26.1. The second-order valence-corrected chi connectivity index (χ2v) is 20.4. The van der Waals surface area contributed by atoms with Crippen LogP contribution in [0.1, 0.15) is 77.6 Å². The van der Waals surface area contributed by atoms with Crippen molar-refractivity contribution < 1.29 is 9.53 Å². The quantitative estimate of drug-likeness (QED) is 0.216. The van der Waals surface area contributed by atoms with E-state index >= 15 is 0 Å². The summed E-state index contributed by atoms with van der Waals surface area (Å²) in [6, 6.07) is 4.85. The van der Waals surface area contributed by atoms with E-state index in [1.165, 1.54) is 0 Å². The fourth-order valence-corrected chi connectivity index (χ4v) is 7.70. The number of hydrogen-bond acceptors (Lipinski definition) is 5. The number of carbonyl (C=O) groups excluding carboxylic acids is 1. The number of likely N-dealkylation sites (tertiary alicyclic amines) is 1. The third-order valence-corrected chi connectivity index (χ3v) is 11.3. The van der Waals surface area contributed by atoms with E-state index in [0.29, 0.717) is 42.3 Å². The number of carbonyl (C=O) groups is 1. The molecule has 5 rings (SSSR count). The van der Waals surface area contributed by atoms with E-state index in [1.807, 2.05) is 12.3 Å². The molecule has 2 aliphatic rings. The number of nitrogens with zero attached hydrogens (tertiary/aromatic N) is 3. The minimum atomic E-state index is -1.24. The zero-order valence-corrected chi connectivity index (χ0v) is 27.1. The number of H-pyrrole nitrogens is 1. The SMILES string of the molecule is CC(C)(C)C1CCC(C(=O)CN2CCCCC2n2c(COCC[Si](C)(C)C)cc(=O)c3cnc4[nH]ccc4c32)CC1. The van der Waals surface area contributed by atoms with Crippen molar-refractivity contribution >= 4 is 35.8 Å². The van der Waals surface area contributed by atoms with Gasteiger partial charge in [0.25, 0.3) is 0 Å². The molecule has 41 heavy (non-hydrogen) atoms. The molecule has 0 bridgehead atoms. The maximum absolute atomic E-state index is 13.7. The van der Waals surface area contributed by atoms with E-state index in [2.05, 4.69) is 59.8 Å². The van der Waals surface area contributed by atoms with Crippen LogP contribution in [-0.2, 0) is 16.1 Å². The highest BCUT2D eigenvalue weighted by atomic mass is 28.3. The molecule has 0 amide bonds. The maximum atomic E-state index is 13.7. The first-order valence-electron chi connectivity index (χ1n) is 15.8. The Balaban J connectivity index is 1.46. The van der Waals surface area contributed by atoms with Gasteiger partial charge in [-0.3, -0.25) is 14.5 Å². The number of aromatic amines is 1. The number of piperidine rings is 1. The Bertz CT molecular complexity index is 1420. The first-order chi connectivity index (χ1) is 19.4. The molecule has 4 heterocycles. The molecule has 0 radical (unpaired) electrons. The average molecular weight is 579 g/mol. The van der Waals surface area contributed by atoms with Gasteiger partial charge in [-0.15, -0.1) is 0 Å². The first-order valence-corrected chi connectivity index (χ1v) is 19.5. The van der Waals surface area contributed by atoms with Gasteiger partial charge in [0.2, 0.25) is 0 Å². The first kappa shape index (κ1) is 30.2. The van der Waals surface area contributed by atoms with Crippen LogP contribution < -0.4 is 5.43 Å². The largest absolute Gasteiger partial charge is 0.376 e. The number of ether oxygens (including phenoxy) is 1. The zero-order chi connectivity index (χ0) is 29.4. The molecule has 1 N–H and O–H groups in total. The highest BCUT2D eigenvalue weighted by Crippen LogP contribution is 2.40. The number of Topliss-reactive ketones (excluding diaryl/α,β-unsaturated/α-hetero) is 1. The van der Waals surface area contributed by atoms with Crippen molar-refractivity contribution in [3.8, 4) is 0 Å². The van der Waals surface area contributed by atoms with Gasteiger partial charge in [0.05, 0.1) is 30.2 Å². The van der Waals surface area contributed by atoms with Gasteiger partial charge in [0.15, 0.2) is 5.43 Å². The van der Waals surface area contributed by atoms with Crippen LogP contribution in [0.15, 0.2) is 29.3 Å². The number of nitrogens with one attached hydrogen (secondary N) is 1. The molecule has 1 saturated carbocycles. The number of pyridine rings is 2. The maximum Gasteiger partial charge on any atom is 0.191 e. The number of aromatic nitrogens is 3. The van der Waals surface area contributed by atoms with Crippen LogP contribution in [0.4, 0.5) is 0 Å². The standard InChI is InChI=1S/C33H50N4O3Si/c1-33(2,3)24-12-10-23(11-13-24)29(39)21-36-16-8-7-9-30(36)37-25(22-40-17-18-41(4,5)6)19-28(38)27-20-35-32-26(31(27)37)14-15-34-32/h14-15,19-20,23-24,30H,7-13,16-18,21-22H2,1-6H3,(H,34,35). The lowest BCUT2D eigenvalue weighted by Crippen LogP contribution is -2.43. The molecule has 1 unspecified atom stereocenters. The smallest absolute Gasteiger partial charge is 0.191 e. The van der Waals surface area contributed by atoms with Gasteiger partial charge >= 0.3 is 0 Å². The molecular weight excluding hydrogens is 528 g/mol. The van der Waals surface area contributed by atoms with Crippen LogP contribution >= 0.6 is 0 Å². The Kier molecular flexibility index (Phi) is 8.93. The minimum absolute atomic E-state index is 0.00203. The Labute approximate surface area is 246 Å². The second kappa shape index (κ2) is 12.1. The van der Waals surface area contributed by atoms with Crippen LogP contribution in [0.25, 0.3) is 21.9 Å². The van der Waals surface area contributed by atoms with E-state index in [4.69, 9.17) is 4.74 Å². The van der Waals surface area contributed by atoms with Gasteiger partial charge in [-0.1, -0.05) is 40.4 Å². The van der Waals surface area contributed by atoms with Crippen LogP contribution in [0.2, 0.25) is 25.7 Å². The predicted molar refractivity (Wildman–Crippen MR) is 170 cm³/mol. The van der Waals surface area contributed by atoms with Crippen LogP contribution in [-0.4, -0.2) is 53.0 Å². The van der Waals surface area contributed by atoms with E-state index in [9.17, 15) is 9.59 Å². The van der Waals surface area contributed by atoms with Gasteiger partial charge in [-0.05, 0) is 68.4 Å². The number of fused-ring (bicyclic) bond motifs is 3. The number of ketones is 1. The molecule has 1 aliphatic heterocycles. The molecule has 2 fully saturated rings. The van der Waals surface area contributed by atoms with Crippen LogP contribution in [0.5, 0.6) is 0 Å². The van der Waals surface area contributed by atoms with Crippen molar-refractivity contribution in [2.24, 2.45) is 17.3 Å². The molecule has 1 aliphatic carbocycles. The molecular formula is C33H50N4O3Si. The van der Waals surface area contributed by atoms with Crippen molar-refractivity contribution in [1.29, 1.82) is 0 Å². The minimum Gasteiger partial charge on any atom is -0.376 e. The van der Waals surface area contributed by atoms with Gasteiger partial charge in [-0.2, -0.15) is 0 Å². The molecule has 224 valence electrons. The highest BCUT2D eigenvalue weighted by molar-refractivity contribution is 6.76. The summed E-state index contributed by atoms with van der Waals surface area (Å²) in [7, 11) is -1.24. The third-order valence-electron chi connectivity index (χ3n) is 9.56. The summed E-state index contributed by atoms with van der Waals surface area (Å²) in [5.41, 5.74) is 2.86. The van der Waals surface area contributed by atoms with E-state index in [1.54, 1.807) is 12.3 Å². The van der Waals surface area contributed by atoms with Crippen molar-refractivity contribution in [1.82, 2.24) is 19.4 Å². The summed E-state index contributed by atoms with van der Waals surface area (Å²) in [5.74, 6) is 1.24. The van der Waals surface area contributed by atoms with Gasteiger partial charge < -0.3 is 14.3 Å². The van der Waals surface area contributed by atoms with Crippen molar-refractivity contribution in [3.05, 3.63) is 40.4 Å². The monoisotopic (exact) mass is 578 g/mol. The summed E-state index contributed by atoms with van der Waals surface area (Å²) in [5, 5.41) is 1.57. The lowest BCUT2D eigenvalue weighted by Gasteiger charge is -2.40. The van der Waals surface area contributed by atoms with E-state index < -0.39 is 8.07 Å². The lowest BCUT2D eigenvalue weighted by molar-refractivity contribution is -0.127. The summed E-state index contributed by atoms with van der Waals surface area (Å²) < 4.78 is 8.57. The molecule has 7 nitrogen and oxygen atoms in total. The highest BCUT2D eigenvalue weighted by Gasteiger charge is 2.35. The predicted octanol–water partition coefficient (Wildman–Crippen LogP) is 7.14. The Hall–Kier alpha value is -2.29. The molecule has 1 saturated heterocycles. The van der Waals surface area contributed by atoms with Gasteiger partial charge in [0, 0.05) is 56.7 Å². The molecule has 8 heteroatoms. The van der Waals surface area contributed by atoms with Gasteiger partial charge in [0.1, 0.15) is 11.4 Å². The normalized spacial score (nSPS) is 22.9. The van der Waals surface area contributed by atoms with E-state index in [0.717, 1.165) is 79.8 Å². The summed E-state index contributed by atoms with van der Waals surface area (Å²) >= 11 is 0. The Morgan fingerprint density at radius 1 is 1.10 bits per heavy atom. The Morgan fingerprint density at radius 3 is 2.56 bits per heavy atom. The Morgan fingerprint density at radius 2 is 1.85 bits per heavy atom. The lowest BCUT2D eigenvalue weighted by atomic mass is 9.69. The molecule has 0 aromatic carbocycles. The van der Waals surface area contributed by atoms with Crippen LogP contribution in [0, 0.1) is 17.3 Å². The topological polar surface area (TPSA) is 80.2 Å². The van der Waals surface area contributed by atoms with Gasteiger partial charge in [-0.25, -0.2) is 4.98 Å². The fourth-order valence-electron chi connectivity index (χ4n) is 6.94. The van der Waals surface area contributed by atoms with Crippen molar-refractivity contribution in [2.45, 2.75) is 104 Å². The van der Waals surface area contributed by atoms with Crippen molar-refractivity contribution in [3.63, 3.8) is 0 Å². The summed E-state index contributed by atoms with van der Waals surface area (Å²) in [6.07, 6.45) is 11.0. The second-order valence-electron chi connectivity index (χ2n) is 14.8. The number of hydrogen-bond donors (Lipinski definition) is 1. The number of rotatable bonds is 9. The fraction of sp³-hybridized carbons (Fsp3) is 0.667. The van der Waals surface area contributed by atoms with Crippen LogP contribution in [0.3, 0.4) is 0 Å². The molecule has 1 atom stereocenters. The summed E-state index contributed by atoms with van der Waals surface area (Å²) in [6.45, 7) is 16.5.